The van der Waals surface area contributed by atoms with Gasteiger partial charge in [0.05, 0.1) is 7.11 Å². The monoisotopic (exact) mass is 167 g/mol. The van der Waals surface area contributed by atoms with Gasteiger partial charge in [0.15, 0.2) is 0 Å². The van der Waals surface area contributed by atoms with Crippen molar-refractivity contribution in [1.82, 2.24) is 0 Å². The zero-order valence-electron chi connectivity index (χ0n) is 6.56. The molecule has 0 spiro atoms. The number of nitrogens with zero attached hydrogens (tertiary/aromatic N) is 1. The van der Waals surface area contributed by atoms with E-state index in [0.717, 1.165) is 0 Å². The molecule has 2 N–H and O–H groups in total. The Kier molecular flexibility index (Phi) is 2.53. The minimum atomic E-state index is 0.120. The summed E-state index contributed by atoms with van der Waals surface area (Å²) in [5, 5.41) is 20.3. The highest BCUT2D eigenvalue weighted by Gasteiger charge is 2.02. The molecule has 0 bridgehead atoms. The third kappa shape index (κ3) is 1.66. The average molecular weight is 167 g/mol. The molecule has 1 aromatic carbocycles. The first-order valence-electron chi connectivity index (χ1n) is 3.33. The summed E-state index contributed by atoms with van der Waals surface area (Å²) in [6.45, 7) is 0. The normalized spacial score (nSPS) is 11.2. The number of aromatic hydroxyl groups is 1. The summed E-state index contributed by atoms with van der Waals surface area (Å²) in [4.78, 5) is 0. The Hall–Kier alpha value is -1.71. The lowest BCUT2D eigenvalue weighted by molar-refractivity contribution is 0.287. The Morgan fingerprint density at radius 1 is 1.33 bits per heavy atom. The maximum absolute atomic E-state index is 8.94. The number of phenols is 1. The van der Waals surface area contributed by atoms with Crippen LogP contribution < -0.4 is 0 Å². The molecule has 12 heavy (non-hydrogen) atoms. The highest BCUT2D eigenvalue weighted by atomic mass is 16.5. The first-order chi connectivity index (χ1) is 5.77. The van der Waals surface area contributed by atoms with Gasteiger partial charge in [-0.05, 0) is 29.4 Å². The van der Waals surface area contributed by atoms with Crippen LogP contribution in [0.25, 0.3) is 0 Å². The molecule has 4 nitrogen and oxygen atoms in total. The minimum Gasteiger partial charge on any atom is -0.508 e. The molecule has 0 saturated heterocycles. The first kappa shape index (κ1) is 8.39. The molecule has 0 fully saturated rings. The van der Waals surface area contributed by atoms with Crippen LogP contribution in [0.4, 0.5) is 0 Å². The number of hydrogen-bond acceptors (Lipinski definition) is 4. The largest absolute Gasteiger partial charge is 0.508 e. The van der Waals surface area contributed by atoms with Crippen LogP contribution in [0.15, 0.2) is 29.4 Å². The molecule has 0 saturated carbocycles. The van der Waals surface area contributed by atoms with E-state index < -0.39 is 0 Å². The summed E-state index contributed by atoms with van der Waals surface area (Å²) < 4.78 is 4.74. The van der Waals surface area contributed by atoms with Crippen molar-refractivity contribution in [3.05, 3.63) is 29.8 Å². The fraction of sp³-hybridized carbons (Fsp3) is 0.125. The van der Waals surface area contributed by atoms with Crippen molar-refractivity contribution < 1.29 is 15.1 Å². The zero-order chi connectivity index (χ0) is 8.97. The maximum atomic E-state index is 8.94. The summed E-state index contributed by atoms with van der Waals surface area (Å²) in [7, 11) is 1.40. The third-order valence-electron chi connectivity index (χ3n) is 1.40. The predicted octanol–water partition coefficient (Wildman–Crippen LogP) is 1.17. The second-order valence-corrected chi connectivity index (χ2v) is 2.16. The van der Waals surface area contributed by atoms with Crippen LogP contribution in [0.1, 0.15) is 5.56 Å². The van der Waals surface area contributed by atoms with Gasteiger partial charge in [-0.25, -0.2) is 0 Å². The van der Waals surface area contributed by atoms with Gasteiger partial charge >= 0.3 is 0 Å². The lowest BCUT2D eigenvalue weighted by Crippen LogP contribution is -2.02. The van der Waals surface area contributed by atoms with E-state index in [-0.39, 0.29) is 11.6 Å². The molecule has 0 aliphatic heterocycles. The van der Waals surface area contributed by atoms with Crippen molar-refractivity contribution in [2.24, 2.45) is 5.16 Å². The van der Waals surface area contributed by atoms with Crippen molar-refractivity contribution in [1.29, 1.82) is 0 Å². The summed E-state index contributed by atoms with van der Waals surface area (Å²) >= 11 is 0. The number of benzene rings is 1. The van der Waals surface area contributed by atoms with Gasteiger partial charge in [-0.1, -0.05) is 0 Å². The summed E-state index contributed by atoms with van der Waals surface area (Å²) in [5.41, 5.74) is 0.609. The minimum absolute atomic E-state index is 0.120. The molecule has 4 heteroatoms. The Balaban J connectivity index is 2.96. The standard InChI is InChI=1S/C8H9NO3/c1-12-8(9-11)6-2-4-7(10)5-3-6/h2-5,10-11H,1H3. The lowest BCUT2D eigenvalue weighted by atomic mass is 10.2. The van der Waals surface area contributed by atoms with E-state index in [2.05, 4.69) is 5.16 Å². The van der Waals surface area contributed by atoms with Gasteiger partial charge < -0.3 is 15.1 Å². The van der Waals surface area contributed by atoms with Crippen LogP contribution in [0, 0.1) is 0 Å². The molecule has 0 aliphatic carbocycles. The summed E-state index contributed by atoms with van der Waals surface area (Å²) in [6, 6.07) is 6.15. The third-order valence-corrected chi connectivity index (χ3v) is 1.40. The van der Waals surface area contributed by atoms with Crippen molar-refractivity contribution >= 4 is 5.90 Å². The molecule has 0 radical (unpaired) electrons. The van der Waals surface area contributed by atoms with Gasteiger partial charge in [0, 0.05) is 5.56 Å². The molecule has 1 aromatic rings. The average Bonchev–Trinajstić information content (AvgIpc) is 2.10. The number of phenolic OH excluding ortho intramolecular Hbond substituents is 1. The molecule has 64 valence electrons. The molecule has 0 unspecified atom stereocenters. The molecule has 0 heterocycles. The SMILES string of the molecule is COC(=NO)c1ccc(O)cc1. The van der Waals surface area contributed by atoms with E-state index in [1.54, 1.807) is 12.1 Å². The van der Waals surface area contributed by atoms with Crippen LogP contribution in [0.3, 0.4) is 0 Å². The Bertz CT molecular complexity index is 279. The molecule has 0 aliphatic rings. The predicted molar refractivity (Wildman–Crippen MR) is 43.4 cm³/mol. The number of methoxy groups -OCH3 is 1. The van der Waals surface area contributed by atoms with Crippen LogP contribution >= 0.6 is 0 Å². The molecule has 0 amide bonds. The van der Waals surface area contributed by atoms with E-state index in [4.69, 9.17) is 15.1 Å². The molecule has 0 atom stereocenters. The van der Waals surface area contributed by atoms with E-state index in [1.165, 1.54) is 19.2 Å². The quantitative estimate of drug-likeness (QED) is 0.285. The Labute approximate surface area is 69.7 Å². The van der Waals surface area contributed by atoms with Crippen molar-refractivity contribution in [3.8, 4) is 5.75 Å². The fourth-order valence-corrected chi connectivity index (χ4v) is 0.820. The van der Waals surface area contributed by atoms with E-state index >= 15 is 0 Å². The number of ether oxygens (including phenoxy) is 1. The number of oxime groups is 1. The number of rotatable bonds is 1. The van der Waals surface area contributed by atoms with Crippen LogP contribution in [0.5, 0.6) is 5.75 Å². The van der Waals surface area contributed by atoms with E-state index in [1.807, 2.05) is 0 Å². The van der Waals surface area contributed by atoms with Gasteiger partial charge in [0.25, 0.3) is 5.90 Å². The number of hydrogen-bond donors (Lipinski definition) is 2. The van der Waals surface area contributed by atoms with Crippen molar-refractivity contribution in [2.45, 2.75) is 0 Å². The molecule has 1 rings (SSSR count). The van der Waals surface area contributed by atoms with Gasteiger partial charge in [0.1, 0.15) is 5.75 Å². The topological polar surface area (TPSA) is 62.0 Å². The Morgan fingerprint density at radius 2 is 1.92 bits per heavy atom. The van der Waals surface area contributed by atoms with E-state index in [9.17, 15) is 0 Å². The highest BCUT2D eigenvalue weighted by molar-refractivity contribution is 5.93. The summed E-state index contributed by atoms with van der Waals surface area (Å²) in [5.74, 6) is 0.280. The van der Waals surface area contributed by atoms with E-state index in [0.29, 0.717) is 5.56 Å². The highest BCUT2D eigenvalue weighted by Crippen LogP contribution is 2.10. The first-order valence-corrected chi connectivity index (χ1v) is 3.33. The van der Waals surface area contributed by atoms with Gasteiger partial charge in [-0.2, -0.15) is 0 Å². The van der Waals surface area contributed by atoms with Crippen LogP contribution in [-0.2, 0) is 4.74 Å². The Morgan fingerprint density at radius 3 is 2.33 bits per heavy atom. The van der Waals surface area contributed by atoms with Gasteiger partial charge in [-0.15, -0.1) is 0 Å². The summed E-state index contributed by atoms with van der Waals surface area (Å²) in [6.07, 6.45) is 0. The smallest absolute Gasteiger partial charge is 0.257 e. The molecule has 0 aromatic heterocycles. The van der Waals surface area contributed by atoms with Gasteiger partial charge in [-0.3, -0.25) is 0 Å². The molecular formula is C8H9NO3. The van der Waals surface area contributed by atoms with Crippen LogP contribution in [0.2, 0.25) is 0 Å². The lowest BCUT2D eigenvalue weighted by Gasteiger charge is -2.01. The zero-order valence-corrected chi connectivity index (χ0v) is 6.56. The maximum Gasteiger partial charge on any atom is 0.257 e. The molecular weight excluding hydrogens is 158 g/mol. The van der Waals surface area contributed by atoms with Crippen molar-refractivity contribution in [3.63, 3.8) is 0 Å². The fourth-order valence-electron chi connectivity index (χ4n) is 0.820. The van der Waals surface area contributed by atoms with Crippen molar-refractivity contribution in [2.75, 3.05) is 7.11 Å². The second kappa shape index (κ2) is 3.61. The van der Waals surface area contributed by atoms with Crippen LogP contribution in [-0.4, -0.2) is 23.3 Å². The van der Waals surface area contributed by atoms with Gasteiger partial charge in [0.2, 0.25) is 0 Å². The second-order valence-electron chi connectivity index (χ2n) is 2.16.